The minimum absolute atomic E-state index is 0.0200. The van der Waals surface area contributed by atoms with Gasteiger partial charge in [-0.05, 0) is 48.4 Å². The van der Waals surface area contributed by atoms with Gasteiger partial charge < -0.3 is 10.2 Å². The number of anilines is 1. The molecule has 0 saturated carbocycles. The fraction of sp³-hybridized carbons (Fsp3) is 0.143. The first-order chi connectivity index (χ1) is 13.8. The highest BCUT2D eigenvalue weighted by Crippen LogP contribution is 2.29. The number of aryl methyl sites for hydroxylation is 1. The Kier molecular flexibility index (Phi) is 6.57. The van der Waals surface area contributed by atoms with Crippen LogP contribution >= 0.6 is 34.5 Å². The normalized spacial score (nSPS) is 10.7. The molecular formula is C21H17Cl2FN2O2S. The van der Waals surface area contributed by atoms with Crippen LogP contribution in [0, 0.1) is 12.7 Å². The molecule has 150 valence electrons. The van der Waals surface area contributed by atoms with E-state index in [1.807, 2.05) is 18.2 Å². The zero-order chi connectivity index (χ0) is 21.1. The van der Waals surface area contributed by atoms with Crippen molar-refractivity contribution in [3.05, 3.63) is 86.0 Å². The number of nitrogens with one attached hydrogen (secondary N) is 1. The summed E-state index contributed by atoms with van der Waals surface area (Å²) in [6, 6.07) is 12.6. The Labute approximate surface area is 181 Å². The summed E-state index contributed by atoms with van der Waals surface area (Å²) in [6.07, 6.45) is 0. The molecule has 0 unspecified atom stereocenters. The molecule has 1 aromatic heterocycles. The Morgan fingerprint density at radius 1 is 1.10 bits per heavy atom. The van der Waals surface area contributed by atoms with Gasteiger partial charge in [0.05, 0.1) is 20.5 Å². The number of rotatable bonds is 5. The summed E-state index contributed by atoms with van der Waals surface area (Å²) in [5, 5.41) is 3.83. The highest BCUT2D eigenvalue weighted by Gasteiger charge is 2.20. The van der Waals surface area contributed by atoms with E-state index < -0.39 is 11.7 Å². The molecule has 0 aliphatic carbocycles. The summed E-state index contributed by atoms with van der Waals surface area (Å²) in [4.78, 5) is 27.4. The molecule has 8 heteroatoms. The van der Waals surface area contributed by atoms with Gasteiger partial charge in [0.1, 0.15) is 5.82 Å². The first-order valence-electron chi connectivity index (χ1n) is 8.62. The number of carbonyl (C=O) groups excluding carboxylic acids is 2. The van der Waals surface area contributed by atoms with E-state index in [9.17, 15) is 14.0 Å². The second-order valence-electron chi connectivity index (χ2n) is 6.45. The fourth-order valence-corrected chi connectivity index (χ4v) is 4.25. The lowest BCUT2D eigenvalue weighted by Gasteiger charge is -2.17. The Hall–Kier alpha value is -2.41. The number of thiophene rings is 1. The molecule has 0 aliphatic heterocycles. The molecule has 0 bridgehead atoms. The molecule has 1 N–H and O–H groups in total. The van der Waals surface area contributed by atoms with Gasteiger partial charge in [0.2, 0.25) is 0 Å². The zero-order valence-electron chi connectivity index (χ0n) is 15.6. The van der Waals surface area contributed by atoms with E-state index in [1.165, 1.54) is 23.5 Å². The Balaban J connectivity index is 1.74. The number of amides is 2. The van der Waals surface area contributed by atoms with Crippen molar-refractivity contribution >= 4 is 51.4 Å². The van der Waals surface area contributed by atoms with Gasteiger partial charge in [-0.25, -0.2) is 4.39 Å². The topological polar surface area (TPSA) is 49.4 Å². The molecule has 0 radical (unpaired) electrons. The van der Waals surface area contributed by atoms with Crippen LogP contribution in [0.25, 0.3) is 0 Å². The molecule has 4 nitrogen and oxygen atoms in total. The molecule has 0 atom stereocenters. The Morgan fingerprint density at radius 3 is 2.52 bits per heavy atom. The van der Waals surface area contributed by atoms with Crippen molar-refractivity contribution in [3.8, 4) is 0 Å². The molecule has 2 amide bonds. The third kappa shape index (κ3) is 4.96. The van der Waals surface area contributed by atoms with Crippen molar-refractivity contribution in [2.45, 2.75) is 13.5 Å². The first-order valence-corrected chi connectivity index (χ1v) is 10.2. The van der Waals surface area contributed by atoms with Crippen molar-refractivity contribution in [2.24, 2.45) is 0 Å². The summed E-state index contributed by atoms with van der Waals surface area (Å²) < 4.78 is 13.2. The van der Waals surface area contributed by atoms with Crippen molar-refractivity contribution in [2.75, 3.05) is 12.4 Å². The van der Waals surface area contributed by atoms with Crippen molar-refractivity contribution in [1.29, 1.82) is 0 Å². The van der Waals surface area contributed by atoms with Gasteiger partial charge in [-0.1, -0.05) is 41.4 Å². The van der Waals surface area contributed by atoms with Gasteiger partial charge in [0, 0.05) is 18.6 Å². The van der Waals surface area contributed by atoms with Gasteiger partial charge in [0.25, 0.3) is 11.8 Å². The standard InChI is InChI=1S/C21H17Cl2FN2O2S/c1-12-9-18(25-20(27)15-8-7-14(24)10-17(15)23)29-19(12)21(28)26(2)11-13-5-3-4-6-16(13)22/h3-10H,11H2,1-2H3,(H,25,27). The second kappa shape index (κ2) is 8.95. The molecular weight excluding hydrogens is 434 g/mol. The minimum atomic E-state index is -0.520. The third-order valence-corrected chi connectivity index (χ3v) is 6.06. The largest absolute Gasteiger partial charge is 0.337 e. The quantitative estimate of drug-likeness (QED) is 0.515. The van der Waals surface area contributed by atoms with Crippen LogP contribution in [0.4, 0.5) is 9.39 Å². The zero-order valence-corrected chi connectivity index (χ0v) is 18.0. The first kappa shape index (κ1) is 21.3. The summed E-state index contributed by atoms with van der Waals surface area (Å²) in [7, 11) is 1.70. The van der Waals surface area contributed by atoms with E-state index in [2.05, 4.69) is 5.32 Å². The van der Waals surface area contributed by atoms with Gasteiger partial charge in [-0.15, -0.1) is 11.3 Å². The summed E-state index contributed by atoms with van der Waals surface area (Å²) in [5.74, 6) is -1.17. The summed E-state index contributed by atoms with van der Waals surface area (Å²) in [6.45, 7) is 2.16. The number of carbonyl (C=O) groups is 2. The monoisotopic (exact) mass is 450 g/mol. The predicted molar refractivity (Wildman–Crippen MR) is 116 cm³/mol. The third-order valence-electron chi connectivity index (χ3n) is 4.24. The number of hydrogen-bond acceptors (Lipinski definition) is 3. The second-order valence-corrected chi connectivity index (χ2v) is 8.32. The van der Waals surface area contributed by atoms with Crippen molar-refractivity contribution in [1.82, 2.24) is 4.90 Å². The van der Waals surface area contributed by atoms with Crippen LogP contribution in [-0.4, -0.2) is 23.8 Å². The number of benzene rings is 2. The maximum atomic E-state index is 13.2. The number of hydrogen-bond donors (Lipinski definition) is 1. The minimum Gasteiger partial charge on any atom is -0.337 e. The van der Waals surface area contributed by atoms with E-state index in [-0.39, 0.29) is 16.5 Å². The Morgan fingerprint density at radius 2 is 1.83 bits per heavy atom. The van der Waals surface area contributed by atoms with E-state index in [4.69, 9.17) is 23.2 Å². The van der Waals surface area contributed by atoms with Crippen LogP contribution in [-0.2, 0) is 6.54 Å². The fourth-order valence-electron chi connectivity index (χ4n) is 2.74. The van der Waals surface area contributed by atoms with Crippen LogP contribution in [0.2, 0.25) is 10.0 Å². The molecule has 29 heavy (non-hydrogen) atoms. The van der Waals surface area contributed by atoms with Crippen molar-refractivity contribution < 1.29 is 14.0 Å². The average Bonchev–Trinajstić information content (AvgIpc) is 3.02. The maximum Gasteiger partial charge on any atom is 0.264 e. The smallest absolute Gasteiger partial charge is 0.264 e. The Bertz CT molecular complexity index is 1080. The molecule has 0 spiro atoms. The van der Waals surface area contributed by atoms with E-state index in [1.54, 1.807) is 31.0 Å². The van der Waals surface area contributed by atoms with Crippen LogP contribution in [0.1, 0.15) is 31.2 Å². The molecule has 1 heterocycles. The highest BCUT2D eigenvalue weighted by molar-refractivity contribution is 7.18. The molecule has 0 saturated heterocycles. The maximum absolute atomic E-state index is 13.2. The van der Waals surface area contributed by atoms with Crippen LogP contribution in [0.3, 0.4) is 0 Å². The molecule has 0 fully saturated rings. The van der Waals surface area contributed by atoms with Gasteiger partial charge in [0.15, 0.2) is 0 Å². The SMILES string of the molecule is Cc1cc(NC(=O)c2ccc(F)cc2Cl)sc1C(=O)N(C)Cc1ccccc1Cl. The van der Waals surface area contributed by atoms with Gasteiger partial charge in [-0.3, -0.25) is 9.59 Å². The van der Waals surface area contributed by atoms with Crippen LogP contribution in [0.15, 0.2) is 48.5 Å². The predicted octanol–water partition coefficient (Wildman–Crippen LogP) is 6.03. The van der Waals surface area contributed by atoms with E-state index in [0.717, 1.165) is 17.2 Å². The van der Waals surface area contributed by atoms with Gasteiger partial charge in [-0.2, -0.15) is 0 Å². The van der Waals surface area contributed by atoms with Crippen LogP contribution in [0.5, 0.6) is 0 Å². The van der Waals surface area contributed by atoms with E-state index >= 15 is 0 Å². The summed E-state index contributed by atoms with van der Waals surface area (Å²) >= 11 is 13.3. The molecule has 0 aliphatic rings. The van der Waals surface area contributed by atoms with Gasteiger partial charge >= 0.3 is 0 Å². The lowest BCUT2D eigenvalue weighted by Crippen LogP contribution is -2.26. The van der Waals surface area contributed by atoms with Crippen molar-refractivity contribution in [3.63, 3.8) is 0 Å². The average molecular weight is 451 g/mol. The lowest BCUT2D eigenvalue weighted by atomic mass is 10.2. The number of nitrogens with zero attached hydrogens (tertiary/aromatic N) is 1. The molecule has 3 rings (SSSR count). The van der Waals surface area contributed by atoms with Crippen LogP contribution < -0.4 is 5.32 Å². The molecule has 2 aromatic carbocycles. The number of halogens is 3. The highest BCUT2D eigenvalue weighted by atomic mass is 35.5. The molecule has 3 aromatic rings. The lowest BCUT2D eigenvalue weighted by molar-refractivity contribution is 0.0789. The summed E-state index contributed by atoms with van der Waals surface area (Å²) in [5.41, 5.74) is 1.74. The van der Waals surface area contributed by atoms with E-state index in [0.29, 0.717) is 21.4 Å².